The number of nitrogens with one attached hydrogen (secondary N) is 2. The largest absolute Gasteiger partial charge is 0.495 e. The zero-order valence-electron chi connectivity index (χ0n) is 14.0. The van der Waals surface area contributed by atoms with Gasteiger partial charge in [0.05, 0.1) is 12.1 Å². The Labute approximate surface area is 155 Å². The number of amides is 2. The smallest absolute Gasteiger partial charge is 0.233 e. The van der Waals surface area contributed by atoms with Crippen molar-refractivity contribution in [1.82, 2.24) is 5.32 Å². The van der Waals surface area contributed by atoms with E-state index in [2.05, 4.69) is 10.6 Å². The lowest BCUT2D eigenvalue weighted by Gasteiger charge is -2.09. The molecule has 1 heterocycles. The van der Waals surface area contributed by atoms with Crippen molar-refractivity contribution in [2.75, 3.05) is 19.2 Å². The van der Waals surface area contributed by atoms with Crippen molar-refractivity contribution in [2.24, 2.45) is 0 Å². The standard InChI is InChI=1S/C18H17ClN2O5/c1-24-14-5-3-12(7-13(14)19)21-18(23)8-17(22)20-9-11-2-4-15-16(6-11)26-10-25-15/h2-7H,8-10H2,1H3,(H,20,22)(H,21,23). The van der Waals surface area contributed by atoms with Gasteiger partial charge in [0.15, 0.2) is 11.5 Å². The van der Waals surface area contributed by atoms with E-state index in [1.165, 1.54) is 7.11 Å². The lowest BCUT2D eigenvalue weighted by atomic mass is 10.2. The van der Waals surface area contributed by atoms with E-state index in [1.54, 1.807) is 30.3 Å². The molecule has 26 heavy (non-hydrogen) atoms. The van der Waals surface area contributed by atoms with Gasteiger partial charge in [0.2, 0.25) is 18.6 Å². The highest BCUT2D eigenvalue weighted by molar-refractivity contribution is 6.32. The van der Waals surface area contributed by atoms with Crippen molar-refractivity contribution in [3.05, 3.63) is 47.0 Å². The highest BCUT2D eigenvalue weighted by Crippen LogP contribution is 2.32. The van der Waals surface area contributed by atoms with Crippen LogP contribution in [-0.2, 0) is 16.1 Å². The first kappa shape index (κ1) is 17.9. The maximum atomic E-state index is 12.0. The van der Waals surface area contributed by atoms with Gasteiger partial charge in [-0.25, -0.2) is 0 Å². The fourth-order valence-electron chi connectivity index (χ4n) is 2.41. The SMILES string of the molecule is COc1ccc(NC(=O)CC(=O)NCc2ccc3c(c2)OCO3)cc1Cl. The van der Waals surface area contributed by atoms with Crippen molar-refractivity contribution >= 4 is 29.1 Å². The molecule has 136 valence electrons. The number of carbonyl (C=O) groups excluding carboxylic acids is 2. The van der Waals surface area contributed by atoms with Crippen LogP contribution in [0.15, 0.2) is 36.4 Å². The summed E-state index contributed by atoms with van der Waals surface area (Å²) in [7, 11) is 1.50. The van der Waals surface area contributed by atoms with Crippen molar-refractivity contribution in [3.63, 3.8) is 0 Å². The fraction of sp³-hybridized carbons (Fsp3) is 0.222. The third kappa shape index (κ3) is 4.37. The van der Waals surface area contributed by atoms with E-state index in [9.17, 15) is 9.59 Å². The van der Waals surface area contributed by atoms with Crippen LogP contribution in [0.3, 0.4) is 0 Å². The maximum Gasteiger partial charge on any atom is 0.233 e. The number of halogens is 1. The minimum Gasteiger partial charge on any atom is -0.495 e. The van der Waals surface area contributed by atoms with Crippen molar-refractivity contribution < 1.29 is 23.8 Å². The topological polar surface area (TPSA) is 85.9 Å². The molecule has 0 saturated heterocycles. The van der Waals surface area contributed by atoms with Gasteiger partial charge in [-0.1, -0.05) is 17.7 Å². The second-order valence-electron chi connectivity index (χ2n) is 5.54. The number of rotatable bonds is 6. The van der Waals surface area contributed by atoms with Gasteiger partial charge in [0, 0.05) is 12.2 Å². The molecule has 1 aliphatic rings. The van der Waals surface area contributed by atoms with Crippen molar-refractivity contribution in [3.8, 4) is 17.2 Å². The van der Waals surface area contributed by atoms with Crippen LogP contribution in [0.5, 0.6) is 17.2 Å². The van der Waals surface area contributed by atoms with Gasteiger partial charge in [-0.05, 0) is 35.9 Å². The van der Waals surface area contributed by atoms with Gasteiger partial charge in [0.25, 0.3) is 0 Å². The molecule has 2 aromatic carbocycles. The van der Waals surface area contributed by atoms with E-state index < -0.39 is 5.91 Å². The van der Waals surface area contributed by atoms with Crippen molar-refractivity contribution in [2.45, 2.75) is 13.0 Å². The first-order valence-electron chi connectivity index (χ1n) is 7.84. The fourth-order valence-corrected chi connectivity index (χ4v) is 2.67. The Morgan fingerprint density at radius 3 is 2.69 bits per heavy atom. The number of benzene rings is 2. The summed E-state index contributed by atoms with van der Waals surface area (Å²) in [5.74, 6) is 1.00. The summed E-state index contributed by atoms with van der Waals surface area (Å²) in [5.41, 5.74) is 1.34. The second kappa shape index (κ2) is 7.97. The second-order valence-corrected chi connectivity index (χ2v) is 5.95. The molecule has 8 heteroatoms. The molecule has 2 amide bonds. The lowest BCUT2D eigenvalue weighted by molar-refractivity contribution is -0.126. The molecule has 2 N–H and O–H groups in total. The molecule has 0 fully saturated rings. The number of anilines is 1. The van der Waals surface area contributed by atoms with Crippen LogP contribution in [0.4, 0.5) is 5.69 Å². The molecule has 7 nitrogen and oxygen atoms in total. The Balaban J connectivity index is 1.48. The molecule has 0 atom stereocenters. The first-order chi connectivity index (χ1) is 12.5. The number of fused-ring (bicyclic) bond motifs is 1. The van der Waals surface area contributed by atoms with E-state index in [-0.39, 0.29) is 25.7 Å². The van der Waals surface area contributed by atoms with Gasteiger partial charge in [-0.3, -0.25) is 9.59 Å². The Bertz CT molecular complexity index is 840. The summed E-state index contributed by atoms with van der Waals surface area (Å²) in [5, 5.41) is 5.69. The summed E-state index contributed by atoms with van der Waals surface area (Å²) in [6.45, 7) is 0.484. The highest BCUT2D eigenvalue weighted by atomic mass is 35.5. The molecular formula is C18H17ClN2O5. The van der Waals surface area contributed by atoms with E-state index in [4.69, 9.17) is 25.8 Å². The third-order valence-corrected chi connectivity index (χ3v) is 3.98. The molecule has 3 rings (SSSR count). The average Bonchev–Trinajstić information content (AvgIpc) is 3.07. The normalized spacial score (nSPS) is 11.8. The molecule has 0 radical (unpaired) electrons. The minimum absolute atomic E-state index is 0.195. The zero-order chi connectivity index (χ0) is 18.5. The first-order valence-corrected chi connectivity index (χ1v) is 8.21. The number of ether oxygens (including phenoxy) is 3. The highest BCUT2D eigenvalue weighted by Gasteiger charge is 2.14. The maximum absolute atomic E-state index is 12.0. The Kier molecular flexibility index (Phi) is 5.48. The summed E-state index contributed by atoms with van der Waals surface area (Å²) in [4.78, 5) is 23.9. The molecule has 0 bridgehead atoms. The number of hydrogen-bond acceptors (Lipinski definition) is 5. The molecule has 0 aromatic heterocycles. The van der Waals surface area contributed by atoms with Crippen LogP contribution in [0, 0.1) is 0 Å². The van der Waals surface area contributed by atoms with E-state index in [0.29, 0.717) is 28.0 Å². The molecule has 0 spiro atoms. The molecule has 0 unspecified atom stereocenters. The van der Waals surface area contributed by atoms with Crippen molar-refractivity contribution in [1.29, 1.82) is 0 Å². The Morgan fingerprint density at radius 1 is 1.12 bits per heavy atom. The molecule has 1 aliphatic heterocycles. The van der Waals surface area contributed by atoms with Crippen LogP contribution < -0.4 is 24.8 Å². The summed E-state index contributed by atoms with van der Waals surface area (Å²) < 4.78 is 15.6. The van der Waals surface area contributed by atoms with Gasteiger partial charge < -0.3 is 24.8 Å². The molecular weight excluding hydrogens is 360 g/mol. The van der Waals surface area contributed by atoms with Crippen LogP contribution >= 0.6 is 11.6 Å². The van der Waals surface area contributed by atoms with Crippen LogP contribution in [0.25, 0.3) is 0 Å². The van der Waals surface area contributed by atoms with Gasteiger partial charge in [-0.15, -0.1) is 0 Å². The average molecular weight is 377 g/mol. The van der Waals surface area contributed by atoms with Gasteiger partial charge in [-0.2, -0.15) is 0 Å². The van der Waals surface area contributed by atoms with E-state index >= 15 is 0 Å². The van der Waals surface area contributed by atoms with Crippen LogP contribution in [0.2, 0.25) is 5.02 Å². The van der Waals surface area contributed by atoms with E-state index in [1.807, 2.05) is 6.07 Å². The summed E-state index contributed by atoms with van der Waals surface area (Å²) >= 11 is 6.00. The summed E-state index contributed by atoms with van der Waals surface area (Å²) in [6, 6.07) is 10.2. The zero-order valence-corrected chi connectivity index (χ0v) is 14.8. The van der Waals surface area contributed by atoms with Gasteiger partial charge >= 0.3 is 0 Å². The summed E-state index contributed by atoms with van der Waals surface area (Å²) in [6.07, 6.45) is -0.297. The van der Waals surface area contributed by atoms with Crippen LogP contribution in [0.1, 0.15) is 12.0 Å². The third-order valence-electron chi connectivity index (χ3n) is 3.68. The Hall–Kier alpha value is -2.93. The molecule has 0 saturated carbocycles. The monoisotopic (exact) mass is 376 g/mol. The predicted octanol–water partition coefficient (Wildman–Crippen LogP) is 2.72. The molecule has 0 aliphatic carbocycles. The predicted molar refractivity (Wildman–Crippen MR) is 95.7 cm³/mol. The Morgan fingerprint density at radius 2 is 1.92 bits per heavy atom. The molecule has 2 aromatic rings. The number of methoxy groups -OCH3 is 1. The number of hydrogen-bond donors (Lipinski definition) is 2. The van der Waals surface area contributed by atoms with Crippen LogP contribution in [-0.4, -0.2) is 25.7 Å². The number of carbonyl (C=O) groups is 2. The van der Waals surface area contributed by atoms with Gasteiger partial charge in [0.1, 0.15) is 12.2 Å². The van der Waals surface area contributed by atoms with E-state index in [0.717, 1.165) is 5.56 Å². The minimum atomic E-state index is -0.436. The quantitative estimate of drug-likeness (QED) is 0.757. The lowest BCUT2D eigenvalue weighted by Crippen LogP contribution is -2.27.